The molecule has 0 spiro atoms. The highest BCUT2D eigenvalue weighted by Gasteiger charge is 2.40. The van der Waals surface area contributed by atoms with Crippen LogP contribution in [0.2, 0.25) is 0 Å². The SMILES string of the molecule is CCOC1(c2nc(N)c(I)c(C(C)C)n2)CCC(C)CC1. The average Bonchev–Trinajstić information content (AvgIpc) is 2.44. The topological polar surface area (TPSA) is 61.0 Å². The highest BCUT2D eigenvalue weighted by molar-refractivity contribution is 14.1. The van der Waals surface area contributed by atoms with Crippen molar-refractivity contribution in [2.24, 2.45) is 5.92 Å². The van der Waals surface area contributed by atoms with Gasteiger partial charge in [-0.3, -0.25) is 0 Å². The lowest BCUT2D eigenvalue weighted by molar-refractivity contribution is -0.0837. The number of anilines is 1. The number of nitrogens with zero attached hydrogens (tertiary/aromatic N) is 2. The van der Waals surface area contributed by atoms with E-state index in [1.165, 1.54) is 0 Å². The first-order valence-electron chi connectivity index (χ1n) is 7.87. The van der Waals surface area contributed by atoms with E-state index >= 15 is 0 Å². The molecule has 4 nitrogen and oxygen atoms in total. The van der Waals surface area contributed by atoms with E-state index in [2.05, 4.69) is 48.3 Å². The number of nitrogen functional groups attached to an aromatic ring is 1. The van der Waals surface area contributed by atoms with Crippen LogP contribution in [0.5, 0.6) is 0 Å². The largest absolute Gasteiger partial charge is 0.383 e. The van der Waals surface area contributed by atoms with Gasteiger partial charge >= 0.3 is 0 Å². The molecule has 1 aromatic rings. The van der Waals surface area contributed by atoms with Gasteiger partial charge in [0.15, 0.2) is 5.82 Å². The van der Waals surface area contributed by atoms with Crippen molar-refractivity contribution in [2.75, 3.05) is 12.3 Å². The second kappa shape index (κ2) is 6.77. The summed E-state index contributed by atoms with van der Waals surface area (Å²) in [4.78, 5) is 9.44. The summed E-state index contributed by atoms with van der Waals surface area (Å²) in [6, 6.07) is 0. The van der Waals surface area contributed by atoms with Crippen LogP contribution in [-0.2, 0) is 10.3 Å². The van der Waals surface area contributed by atoms with Gasteiger partial charge in [0.1, 0.15) is 11.4 Å². The number of hydrogen-bond donors (Lipinski definition) is 1. The lowest BCUT2D eigenvalue weighted by atomic mass is 9.78. The third-order valence-electron chi connectivity index (χ3n) is 4.36. The summed E-state index contributed by atoms with van der Waals surface area (Å²) in [7, 11) is 0. The molecule has 0 unspecified atom stereocenters. The van der Waals surface area contributed by atoms with Gasteiger partial charge in [-0.1, -0.05) is 20.8 Å². The molecule has 0 bridgehead atoms. The highest BCUT2D eigenvalue weighted by Crippen LogP contribution is 2.42. The van der Waals surface area contributed by atoms with Gasteiger partial charge in [0.2, 0.25) is 0 Å². The van der Waals surface area contributed by atoms with Crippen LogP contribution < -0.4 is 5.73 Å². The summed E-state index contributed by atoms with van der Waals surface area (Å²) in [6.07, 6.45) is 4.29. The number of halogens is 1. The molecule has 2 N–H and O–H groups in total. The predicted molar refractivity (Wildman–Crippen MR) is 94.2 cm³/mol. The van der Waals surface area contributed by atoms with Gasteiger partial charge < -0.3 is 10.5 Å². The Morgan fingerprint density at radius 3 is 2.48 bits per heavy atom. The highest BCUT2D eigenvalue weighted by atomic mass is 127. The number of nitrogens with two attached hydrogens (primary N) is 1. The molecule has 1 saturated carbocycles. The number of aromatic nitrogens is 2. The van der Waals surface area contributed by atoms with Crippen LogP contribution >= 0.6 is 22.6 Å². The lowest BCUT2D eigenvalue weighted by Gasteiger charge is -2.38. The predicted octanol–water partition coefficient (Wildman–Crippen LogP) is 4.23. The first-order valence-corrected chi connectivity index (χ1v) is 8.95. The molecule has 0 aliphatic heterocycles. The van der Waals surface area contributed by atoms with E-state index < -0.39 is 0 Å². The maximum Gasteiger partial charge on any atom is 0.162 e. The fraction of sp³-hybridized carbons (Fsp3) is 0.750. The molecular weight excluding hydrogens is 377 g/mol. The van der Waals surface area contributed by atoms with Gasteiger partial charge in [-0.2, -0.15) is 0 Å². The molecule has 0 saturated heterocycles. The molecule has 1 aliphatic carbocycles. The molecular formula is C16H26IN3O. The van der Waals surface area contributed by atoms with Crippen molar-refractivity contribution in [2.45, 2.75) is 64.9 Å². The second-order valence-electron chi connectivity index (χ2n) is 6.40. The van der Waals surface area contributed by atoms with Crippen molar-refractivity contribution in [3.05, 3.63) is 15.1 Å². The summed E-state index contributed by atoms with van der Waals surface area (Å²) < 4.78 is 7.13. The Morgan fingerprint density at radius 1 is 1.33 bits per heavy atom. The summed E-state index contributed by atoms with van der Waals surface area (Å²) in [5.74, 6) is 2.46. The minimum Gasteiger partial charge on any atom is -0.383 e. The maximum atomic E-state index is 6.15. The minimum absolute atomic E-state index is 0.335. The summed E-state index contributed by atoms with van der Waals surface area (Å²) in [5, 5.41) is 0. The van der Waals surface area contributed by atoms with Crippen molar-refractivity contribution in [1.82, 2.24) is 9.97 Å². The molecule has 1 aromatic heterocycles. The van der Waals surface area contributed by atoms with Gasteiger partial charge in [0.05, 0.1) is 9.26 Å². The van der Waals surface area contributed by atoms with Gasteiger partial charge in [-0.15, -0.1) is 0 Å². The first kappa shape index (κ1) is 16.9. The molecule has 2 rings (SSSR count). The molecule has 1 fully saturated rings. The Bertz CT molecular complexity index is 497. The molecule has 1 heterocycles. The van der Waals surface area contributed by atoms with Crippen molar-refractivity contribution < 1.29 is 4.74 Å². The van der Waals surface area contributed by atoms with E-state index in [1.807, 2.05) is 6.92 Å². The molecule has 0 radical (unpaired) electrons. The van der Waals surface area contributed by atoms with Crippen LogP contribution in [-0.4, -0.2) is 16.6 Å². The Hall–Kier alpha value is -0.430. The molecule has 5 heteroatoms. The third kappa shape index (κ3) is 3.50. The van der Waals surface area contributed by atoms with Crippen molar-refractivity contribution >= 4 is 28.4 Å². The molecule has 1 aliphatic rings. The summed E-state index contributed by atoms with van der Waals surface area (Å²) >= 11 is 2.25. The van der Waals surface area contributed by atoms with E-state index in [0.717, 1.165) is 46.7 Å². The third-order valence-corrected chi connectivity index (χ3v) is 5.46. The van der Waals surface area contributed by atoms with Gasteiger partial charge in [0, 0.05) is 6.61 Å². The molecule has 0 amide bonds. The zero-order valence-electron chi connectivity index (χ0n) is 13.4. The van der Waals surface area contributed by atoms with Crippen LogP contribution in [0.1, 0.15) is 70.8 Å². The summed E-state index contributed by atoms with van der Waals surface area (Å²) in [6.45, 7) is 9.31. The van der Waals surface area contributed by atoms with E-state index in [4.69, 9.17) is 15.5 Å². The molecule has 0 aromatic carbocycles. The monoisotopic (exact) mass is 403 g/mol. The van der Waals surface area contributed by atoms with Gasteiger partial charge in [0.25, 0.3) is 0 Å². The van der Waals surface area contributed by atoms with E-state index in [1.54, 1.807) is 0 Å². The summed E-state index contributed by atoms with van der Waals surface area (Å²) in [5.41, 5.74) is 6.83. The van der Waals surface area contributed by atoms with Crippen molar-refractivity contribution in [3.63, 3.8) is 0 Å². The zero-order chi connectivity index (χ0) is 15.6. The average molecular weight is 403 g/mol. The van der Waals surface area contributed by atoms with Crippen LogP contribution in [0.15, 0.2) is 0 Å². The van der Waals surface area contributed by atoms with E-state index in [9.17, 15) is 0 Å². The van der Waals surface area contributed by atoms with Gasteiger partial charge in [-0.25, -0.2) is 9.97 Å². The fourth-order valence-electron chi connectivity index (χ4n) is 3.01. The Morgan fingerprint density at radius 2 is 1.95 bits per heavy atom. The van der Waals surface area contributed by atoms with Crippen LogP contribution in [0.25, 0.3) is 0 Å². The molecule has 118 valence electrons. The Balaban J connectivity index is 2.46. The molecule has 21 heavy (non-hydrogen) atoms. The van der Waals surface area contributed by atoms with Crippen molar-refractivity contribution in [1.29, 1.82) is 0 Å². The van der Waals surface area contributed by atoms with Crippen LogP contribution in [0.4, 0.5) is 5.82 Å². The molecule has 0 atom stereocenters. The van der Waals surface area contributed by atoms with E-state index in [-0.39, 0.29) is 5.60 Å². The normalized spacial score (nSPS) is 26.3. The first-order chi connectivity index (χ1) is 9.89. The number of hydrogen-bond acceptors (Lipinski definition) is 4. The Kier molecular flexibility index (Phi) is 5.46. The quantitative estimate of drug-likeness (QED) is 0.765. The van der Waals surface area contributed by atoms with Crippen LogP contribution in [0, 0.1) is 9.49 Å². The smallest absolute Gasteiger partial charge is 0.162 e. The van der Waals surface area contributed by atoms with E-state index in [0.29, 0.717) is 18.3 Å². The second-order valence-corrected chi connectivity index (χ2v) is 7.47. The standard InChI is InChI=1S/C16H26IN3O/c1-5-21-16(8-6-11(4)7-9-16)15-19-13(10(2)3)12(17)14(18)20-15/h10-11H,5-9H2,1-4H3,(H2,18,19,20). The zero-order valence-corrected chi connectivity index (χ0v) is 15.6. The fourth-order valence-corrected chi connectivity index (χ4v) is 3.87. The lowest BCUT2D eigenvalue weighted by Crippen LogP contribution is -2.37. The number of ether oxygens (including phenoxy) is 1. The number of rotatable bonds is 4. The van der Waals surface area contributed by atoms with Crippen LogP contribution in [0.3, 0.4) is 0 Å². The maximum absolute atomic E-state index is 6.15. The Labute approximate surface area is 141 Å². The minimum atomic E-state index is -0.344. The van der Waals surface area contributed by atoms with Gasteiger partial charge in [-0.05, 0) is 67.0 Å². The van der Waals surface area contributed by atoms with Crippen molar-refractivity contribution in [3.8, 4) is 0 Å².